The van der Waals surface area contributed by atoms with Gasteiger partial charge in [-0.2, -0.15) is 0 Å². The van der Waals surface area contributed by atoms with Gasteiger partial charge < -0.3 is 10.5 Å². The van der Waals surface area contributed by atoms with E-state index in [0.29, 0.717) is 6.73 Å². The van der Waals surface area contributed by atoms with Crippen molar-refractivity contribution in [3.8, 4) is 0 Å². The van der Waals surface area contributed by atoms with Crippen molar-refractivity contribution in [1.82, 2.24) is 0 Å². The van der Waals surface area contributed by atoms with Crippen LogP contribution >= 0.6 is 0 Å². The van der Waals surface area contributed by atoms with Crippen LogP contribution in [0.5, 0.6) is 0 Å². The lowest BCUT2D eigenvalue weighted by molar-refractivity contribution is 0.134. The van der Waals surface area contributed by atoms with Crippen molar-refractivity contribution in [2.75, 3.05) is 13.3 Å². The van der Waals surface area contributed by atoms with E-state index in [-0.39, 0.29) is 1.43 Å². The van der Waals surface area contributed by atoms with Crippen molar-refractivity contribution >= 4 is 0 Å². The molecule has 12 heavy (non-hydrogen) atoms. The summed E-state index contributed by atoms with van der Waals surface area (Å²) in [5, 5.41) is 0. The van der Waals surface area contributed by atoms with Crippen LogP contribution in [0.4, 0.5) is 0 Å². The number of rotatable bonds is 7. The molecule has 0 aliphatic rings. The highest BCUT2D eigenvalue weighted by atomic mass is 16.5. The summed E-state index contributed by atoms with van der Waals surface area (Å²) in [5.74, 6) is 0.766. The van der Waals surface area contributed by atoms with E-state index in [4.69, 9.17) is 10.5 Å². The number of hydrogen-bond donors (Lipinski definition) is 1. The predicted octanol–water partition coefficient (Wildman–Crippen LogP) is 2.55. The fourth-order valence-corrected chi connectivity index (χ4v) is 1.10. The van der Waals surface area contributed by atoms with Crippen LogP contribution in [-0.4, -0.2) is 13.3 Å². The third-order valence-corrected chi connectivity index (χ3v) is 1.88. The molecule has 0 amide bonds. The van der Waals surface area contributed by atoms with Crippen molar-refractivity contribution in [2.45, 2.75) is 33.1 Å². The maximum Gasteiger partial charge on any atom is 0.0940 e. The first-order chi connectivity index (χ1) is 5.81. The molecular weight excluding hydrogens is 150 g/mol. The zero-order chi connectivity index (χ0) is 9.23. The maximum absolute atomic E-state index is 5.19. The van der Waals surface area contributed by atoms with E-state index >= 15 is 0 Å². The Morgan fingerprint density at radius 2 is 2.33 bits per heavy atom. The molecule has 0 aliphatic carbocycles. The maximum atomic E-state index is 5.19. The lowest BCUT2D eigenvalue weighted by atomic mass is 10.0. The van der Waals surface area contributed by atoms with Gasteiger partial charge in [0, 0.05) is 8.03 Å². The van der Waals surface area contributed by atoms with Gasteiger partial charge >= 0.3 is 0 Å². The molecule has 1 atom stereocenters. The Hall–Kier alpha value is -0.340. The van der Waals surface area contributed by atoms with E-state index in [2.05, 4.69) is 26.0 Å². The fraction of sp³-hybridized carbons (Fsp3) is 0.800. The minimum absolute atomic E-state index is 0. The first-order valence-electron chi connectivity index (χ1n) is 4.70. The smallest absolute Gasteiger partial charge is 0.0940 e. The van der Waals surface area contributed by atoms with E-state index in [9.17, 15) is 0 Å². The summed E-state index contributed by atoms with van der Waals surface area (Å²) >= 11 is 0. The number of nitrogens with two attached hydrogens (primary N) is 1. The second-order valence-electron chi connectivity index (χ2n) is 3.13. The molecule has 74 valence electrons. The molecule has 0 heterocycles. The summed E-state index contributed by atoms with van der Waals surface area (Å²) in [4.78, 5) is 0. The quantitative estimate of drug-likeness (QED) is 0.365. The molecule has 0 aromatic rings. The number of hydrogen-bond acceptors (Lipinski definition) is 2. The third-order valence-electron chi connectivity index (χ3n) is 1.88. The van der Waals surface area contributed by atoms with Crippen molar-refractivity contribution in [1.29, 1.82) is 0 Å². The number of allylic oxidation sites excluding steroid dienone is 2. The highest BCUT2D eigenvalue weighted by molar-refractivity contribution is 4.78. The first-order valence-corrected chi connectivity index (χ1v) is 4.70. The Balaban J connectivity index is 0. The van der Waals surface area contributed by atoms with Gasteiger partial charge in [0.25, 0.3) is 0 Å². The summed E-state index contributed by atoms with van der Waals surface area (Å²) < 4.78 is 5.05. The lowest BCUT2D eigenvalue weighted by Gasteiger charge is -2.07. The summed E-state index contributed by atoms with van der Waals surface area (Å²) in [6.07, 6.45) is 7.85. The largest absolute Gasteiger partial charge is 0.367 e. The van der Waals surface area contributed by atoms with Crippen LogP contribution in [0, 0.1) is 5.92 Å². The van der Waals surface area contributed by atoms with Gasteiger partial charge in [0.05, 0.1) is 6.73 Å². The Morgan fingerprint density at radius 1 is 1.58 bits per heavy atom. The van der Waals surface area contributed by atoms with Crippen molar-refractivity contribution in [3.63, 3.8) is 0 Å². The topological polar surface area (TPSA) is 35.2 Å². The van der Waals surface area contributed by atoms with Crippen molar-refractivity contribution < 1.29 is 6.16 Å². The Bertz CT molecular complexity index is 117. The zero-order valence-corrected chi connectivity index (χ0v) is 8.25. The molecule has 0 aromatic carbocycles. The normalized spacial score (nSPS) is 13.9. The van der Waals surface area contributed by atoms with Crippen LogP contribution in [0.15, 0.2) is 12.2 Å². The van der Waals surface area contributed by atoms with Crippen molar-refractivity contribution in [2.24, 2.45) is 11.7 Å². The summed E-state index contributed by atoms with van der Waals surface area (Å²) in [6, 6.07) is 0. The molecular formula is C10H23NO. The number of ether oxygens (including phenoxy) is 1. The SMILES string of the molecule is C/C=C/CC(C)CCCOCN.[HH]. The molecule has 0 aromatic heterocycles. The first kappa shape index (κ1) is 11.7. The zero-order valence-electron chi connectivity index (χ0n) is 8.25. The van der Waals surface area contributed by atoms with Gasteiger partial charge in [-0.3, -0.25) is 0 Å². The molecule has 0 saturated carbocycles. The van der Waals surface area contributed by atoms with E-state index in [1.807, 2.05) is 0 Å². The minimum Gasteiger partial charge on any atom is -0.367 e. The van der Waals surface area contributed by atoms with Gasteiger partial charge in [0.1, 0.15) is 0 Å². The van der Waals surface area contributed by atoms with Gasteiger partial charge in [0.15, 0.2) is 0 Å². The van der Waals surface area contributed by atoms with E-state index < -0.39 is 0 Å². The highest BCUT2D eigenvalue weighted by Gasteiger charge is 1.98. The molecule has 0 saturated heterocycles. The standard InChI is InChI=1S/C10H21NO.H2/c1-3-4-6-10(2)7-5-8-12-9-11;/h3-4,10H,5-9,11H2,1-2H3;1H/b4-3+;. The van der Waals surface area contributed by atoms with Crippen LogP contribution in [0.3, 0.4) is 0 Å². The Morgan fingerprint density at radius 3 is 2.92 bits per heavy atom. The molecule has 2 N–H and O–H groups in total. The molecule has 2 heteroatoms. The van der Waals surface area contributed by atoms with Gasteiger partial charge in [-0.05, 0) is 32.1 Å². The molecule has 0 rings (SSSR count). The van der Waals surface area contributed by atoms with E-state index in [0.717, 1.165) is 18.9 Å². The average Bonchev–Trinajstić information content (AvgIpc) is 2.09. The molecule has 0 aliphatic heterocycles. The lowest BCUT2D eigenvalue weighted by Crippen LogP contribution is -2.06. The van der Waals surface area contributed by atoms with Crippen LogP contribution < -0.4 is 5.73 Å². The fourth-order valence-electron chi connectivity index (χ4n) is 1.10. The van der Waals surface area contributed by atoms with Gasteiger partial charge in [-0.15, -0.1) is 0 Å². The molecule has 2 nitrogen and oxygen atoms in total. The second-order valence-corrected chi connectivity index (χ2v) is 3.13. The van der Waals surface area contributed by atoms with Gasteiger partial charge in [-0.25, -0.2) is 0 Å². The summed E-state index contributed by atoms with van der Waals surface area (Å²) in [7, 11) is 0. The van der Waals surface area contributed by atoms with Crippen LogP contribution in [-0.2, 0) is 4.74 Å². The molecule has 0 spiro atoms. The predicted molar refractivity (Wildman–Crippen MR) is 54.9 cm³/mol. The van der Waals surface area contributed by atoms with Gasteiger partial charge in [-0.1, -0.05) is 19.1 Å². The third kappa shape index (κ3) is 7.76. The Labute approximate surface area is 77.3 Å². The monoisotopic (exact) mass is 173 g/mol. The Kier molecular flexibility index (Phi) is 8.51. The molecule has 0 bridgehead atoms. The van der Waals surface area contributed by atoms with E-state index in [1.54, 1.807) is 0 Å². The average molecular weight is 173 g/mol. The molecule has 1 unspecified atom stereocenters. The summed E-state index contributed by atoms with van der Waals surface area (Å²) in [5.41, 5.74) is 5.19. The van der Waals surface area contributed by atoms with Crippen LogP contribution in [0.1, 0.15) is 34.5 Å². The van der Waals surface area contributed by atoms with Gasteiger partial charge in [0.2, 0.25) is 0 Å². The van der Waals surface area contributed by atoms with Crippen LogP contribution in [0.25, 0.3) is 0 Å². The molecule has 0 radical (unpaired) electrons. The second kappa shape index (κ2) is 8.75. The van der Waals surface area contributed by atoms with E-state index in [1.165, 1.54) is 12.8 Å². The molecule has 0 fully saturated rings. The highest BCUT2D eigenvalue weighted by Crippen LogP contribution is 2.10. The van der Waals surface area contributed by atoms with Crippen LogP contribution in [0.2, 0.25) is 0 Å². The minimum atomic E-state index is 0. The summed E-state index contributed by atoms with van der Waals surface area (Å²) in [6.45, 7) is 5.48. The van der Waals surface area contributed by atoms with Crippen molar-refractivity contribution in [3.05, 3.63) is 12.2 Å².